The number of nitrogens with one attached hydrogen (secondary N) is 1. The van der Waals surface area contributed by atoms with Crippen LogP contribution in [0.1, 0.15) is 37.6 Å². The van der Waals surface area contributed by atoms with Crippen molar-refractivity contribution in [2.75, 3.05) is 13.2 Å². The number of rotatable bonds is 3. The van der Waals surface area contributed by atoms with E-state index >= 15 is 0 Å². The minimum absolute atomic E-state index is 0.102. The standard InChI is InChI=1S/C20H23BrN4O3/c1-20(2,3)11-25-14-6-5-13(17(21)18(14)23-24-25)22-19(26)12-4-7-15-16(10-12)28-9-8-27-15/h4,6-7,10,13H,5,8-9,11H2,1-3H3,(H,22,26). The van der Waals surface area contributed by atoms with E-state index in [4.69, 9.17) is 9.47 Å². The van der Waals surface area contributed by atoms with Crippen LogP contribution in [0.2, 0.25) is 0 Å². The van der Waals surface area contributed by atoms with Gasteiger partial charge in [0.15, 0.2) is 11.5 Å². The van der Waals surface area contributed by atoms with Gasteiger partial charge in [-0.1, -0.05) is 48.0 Å². The summed E-state index contributed by atoms with van der Waals surface area (Å²) in [6.45, 7) is 8.29. The molecule has 1 N–H and O–H groups in total. The first kappa shape index (κ1) is 19.0. The third-order valence-electron chi connectivity index (χ3n) is 4.59. The fourth-order valence-electron chi connectivity index (χ4n) is 3.31. The lowest BCUT2D eigenvalue weighted by Crippen LogP contribution is -2.44. The van der Waals surface area contributed by atoms with Crippen LogP contribution >= 0.6 is 15.9 Å². The van der Waals surface area contributed by atoms with Crippen molar-refractivity contribution in [2.45, 2.75) is 39.8 Å². The number of nitrogens with zero attached hydrogens (tertiary/aromatic N) is 3. The smallest absolute Gasteiger partial charge is 0.251 e. The zero-order chi connectivity index (χ0) is 19.9. The van der Waals surface area contributed by atoms with Gasteiger partial charge in [-0.25, -0.2) is 4.68 Å². The molecule has 1 aliphatic heterocycles. The molecule has 7 nitrogen and oxygen atoms in total. The molecule has 1 unspecified atom stereocenters. The van der Waals surface area contributed by atoms with Crippen LogP contribution in [0.15, 0.2) is 18.2 Å². The minimum Gasteiger partial charge on any atom is -0.486 e. The lowest BCUT2D eigenvalue weighted by Gasteiger charge is -2.21. The van der Waals surface area contributed by atoms with Gasteiger partial charge in [-0.3, -0.25) is 4.79 Å². The van der Waals surface area contributed by atoms with Crippen molar-refractivity contribution >= 4 is 32.4 Å². The molecule has 8 heteroatoms. The third-order valence-corrected chi connectivity index (χ3v) is 5.51. The maximum atomic E-state index is 12.8. The number of aromatic nitrogens is 3. The first-order chi connectivity index (χ1) is 13.3. The van der Waals surface area contributed by atoms with Crippen LogP contribution in [0.25, 0.3) is 10.6 Å². The Kier molecular flexibility index (Phi) is 4.91. The van der Waals surface area contributed by atoms with Crippen molar-refractivity contribution in [3.05, 3.63) is 34.5 Å². The van der Waals surface area contributed by atoms with Gasteiger partial charge >= 0.3 is 0 Å². The Labute approximate surface area is 171 Å². The van der Waals surface area contributed by atoms with E-state index in [-0.39, 0.29) is 17.4 Å². The number of ether oxygens (including phenoxy) is 2. The Bertz CT molecular complexity index is 1040. The normalized spacial score (nSPS) is 18.3. The molecule has 0 spiro atoms. The molecule has 28 heavy (non-hydrogen) atoms. The number of hydrogen-bond donors (Lipinski definition) is 1. The summed E-state index contributed by atoms with van der Waals surface area (Å²) in [5.41, 5.74) is 0.636. The van der Waals surface area contributed by atoms with Crippen molar-refractivity contribution in [1.82, 2.24) is 20.3 Å². The van der Waals surface area contributed by atoms with E-state index in [1.807, 2.05) is 4.68 Å². The van der Waals surface area contributed by atoms with Gasteiger partial charge in [0.05, 0.1) is 11.4 Å². The molecule has 1 aromatic heterocycles. The molecule has 1 aliphatic carbocycles. The molecule has 148 valence electrons. The molecular formula is C20H23BrN4O3. The van der Waals surface area contributed by atoms with E-state index in [1.165, 1.54) is 0 Å². The van der Waals surface area contributed by atoms with Crippen LogP contribution in [0, 0.1) is 5.41 Å². The Morgan fingerprint density at radius 1 is 1.29 bits per heavy atom. The van der Waals surface area contributed by atoms with Gasteiger partial charge in [0, 0.05) is 16.6 Å². The van der Waals surface area contributed by atoms with E-state index in [0.29, 0.717) is 36.7 Å². The maximum absolute atomic E-state index is 12.8. The van der Waals surface area contributed by atoms with Crippen LogP contribution in [0.3, 0.4) is 0 Å². The van der Waals surface area contributed by atoms with E-state index in [2.05, 4.69) is 58.4 Å². The lowest BCUT2D eigenvalue weighted by molar-refractivity contribution is 0.0945. The van der Waals surface area contributed by atoms with Crippen molar-refractivity contribution < 1.29 is 14.3 Å². The number of benzene rings is 1. The van der Waals surface area contributed by atoms with Crippen molar-refractivity contribution in [1.29, 1.82) is 0 Å². The highest BCUT2D eigenvalue weighted by molar-refractivity contribution is 9.15. The Morgan fingerprint density at radius 2 is 2.04 bits per heavy atom. The van der Waals surface area contributed by atoms with Gasteiger partial charge in [0.1, 0.15) is 18.6 Å². The number of halogens is 1. The topological polar surface area (TPSA) is 78.3 Å². The summed E-state index contributed by atoms with van der Waals surface area (Å²) in [5, 5.41) is 13.5. The monoisotopic (exact) mass is 446 g/mol. The van der Waals surface area contributed by atoms with Crippen LogP contribution in [0.4, 0.5) is 0 Å². The highest BCUT2D eigenvalue weighted by Crippen LogP contribution is 2.31. The van der Waals surface area contributed by atoms with Crippen LogP contribution in [-0.2, 0) is 6.54 Å². The summed E-state index contributed by atoms with van der Waals surface area (Å²) in [4.78, 5) is 12.8. The second-order valence-electron chi connectivity index (χ2n) is 8.21. The van der Waals surface area contributed by atoms with Gasteiger partial charge in [0.25, 0.3) is 5.91 Å². The summed E-state index contributed by atoms with van der Waals surface area (Å²) in [5.74, 6) is 1.10. The number of hydrogen-bond acceptors (Lipinski definition) is 5. The predicted octanol–water partition coefficient (Wildman–Crippen LogP) is 1.58. The average molecular weight is 447 g/mol. The summed E-state index contributed by atoms with van der Waals surface area (Å²) < 4.78 is 13.8. The van der Waals surface area contributed by atoms with E-state index < -0.39 is 0 Å². The fraction of sp³-hybridized carbons (Fsp3) is 0.450. The molecule has 0 saturated carbocycles. The number of carbonyl (C=O) groups is 1. The molecule has 1 aromatic carbocycles. The number of amides is 1. The van der Waals surface area contributed by atoms with E-state index in [0.717, 1.165) is 21.7 Å². The summed E-state index contributed by atoms with van der Waals surface area (Å²) >= 11 is 3.63. The maximum Gasteiger partial charge on any atom is 0.251 e. The van der Waals surface area contributed by atoms with Crippen molar-refractivity contribution in [2.24, 2.45) is 5.41 Å². The summed E-state index contributed by atoms with van der Waals surface area (Å²) in [6, 6.07) is 5.04. The van der Waals surface area contributed by atoms with Crippen LogP contribution < -0.4 is 25.5 Å². The lowest BCUT2D eigenvalue weighted by atomic mass is 9.97. The largest absolute Gasteiger partial charge is 0.486 e. The molecule has 1 atom stereocenters. The predicted molar refractivity (Wildman–Crippen MR) is 109 cm³/mol. The van der Waals surface area contributed by atoms with Crippen molar-refractivity contribution in [3.63, 3.8) is 0 Å². The van der Waals surface area contributed by atoms with E-state index in [1.54, 1.807) is 18.2 Å². The van der Waals surface area contributed by atoms with Crippen LogP contribution in [0.5, 0.6) is 11.5 Å². The molecule has 0 saturated heterocycles. The Hall–Kier alpha value is -2.35. The Balaban J connectivity index is 1.55. The van der Waals surface area contributed by atoms with Gasteiger partial charge in [-0.2, -0.15) is 0 Å². The molecule has 0 fully saturated rings. The molecule has 1 amide bonds. The highest BCUT2D eigenvalue weighted by Gasteiger charge is 2.23. The highest BCUT2D eigenvalue weighted by atomic mass is 79.9. The molecule has 0 bridgehead atoms. The molecule has 4 rings (SSSR count). The quantitative estimate of drug-likeness (QED) is 0.774. The minimum atomic E-state index is -0.187. The van der Waals surface area contributed by atoms with Crippen LogP contribution in [-0.4, -0.2) is 40.2 Å². The molecule has 2 aromatic rings. The van der Waals surface area contributed by atoms with E-state index in [9.17, 15) is 4.79 Å². The first-order valence-corrected chi connectivity index (χ1v) is 10.1. The second-order valence-corrected chi connectivity index (χ2v) is 9.07. The molecule has 2 heterocycles. The summed E-state index contributed by atoms with van der Waals surface area (Å²) in [6.07, 6.45) is 2.75. The number of fused-ring (bicyclic) bond motifs is 2. The zero-order valence-electron chi connectivity index (χ0n) is 16.2. The SMILES string of the molecule is CC(C)(C)Cn1nnc2c1=CCC(NC(=O)c1ccc3c(c1)OCCO3)C=2Br. The molecule has 2 aliphatic rings. The molecule has 0 radical (unpaired) electrons. The third kappa shape index (κ3) is 3.78. The van der Waals surface area contributed by atoms with Gasteiger partial charge in [-0.05, 0) is 30.0 Å². The molecular weight excluding hydrogens is 424 g/mol. The second kappa shape index (κ2) is 7.24. The van der Waals surface area contributed by atoms with Gasteiger partial charge < -0.3 is 14.8 Å². The first-order valence-electron chi connectivity index (χ1n) is 9.32. The summed E-state index contributed by atoms with van der Waals surface area (Å²) in [7, 11) is 0. The van der Waals surface area contributed by atoms with Gasteiger partial charge in [0.2, 0.25) is 0 Å². The Morgan fingerprint density at radius 3 is 2.79 bits per heavy atom. The fourth-order valence-corrected chi connectivity index (χ4v) is 3.89. The van der Waals surface area contributed by atoms with Crippen molar-refractivity contribution in [3.8, 4) is 11.5 Å². The van der Waals surface area contributed by atoms with Gasteiger partial charge in [-0.15, -0.1) is 5.10 Å². The number of carbonyl (C=O) groups excluding carboxylic acids is 1. The zero-order valence-corrected chi connectivity index (χ0v) is 17.7. The average Bonchev–Trinajstić information content (AvgIpc) is 3.05.